The summed E-state index contributed by atoms with van der Waals surface area (Å²) in [6.45, 7) is 3.73. The predicted molar refractivity (Wildman–Crippen MR) is 148 cm³/mol. The zero-order chi connectivity index (χ0) is 24.8. The van der Waals surface area contributed by atoms with Gasteiger partial charge < -0.3 is 5.32 Å². The number of fused-ring (bicyclic) bond motifs is 2. The zero-order valence-corrected chi connectivity index (χ0v) is 21.5. The van der Waals surface area contributed by atoms with E-state index in [1.54, 1.807) is 6.20 Å². The van der Waals surface area contributed by atoms with Gasteiger partial charge in [-0.25, -0.2) is 4.98 Å². The van der Waals surface area contributed by atoms with Gasteiger partial charge in [-0.05, 0) is 67.9 Å². The van der Waals surface area contributed by atoms with E-state index in [1.807, 2.05) is 42.7 Å². The Morgan fingerprint density at radius 2 is 1.95 bits per heavy atom. The Morgan fingerprint density at radius 1 is 1.03 bits per heavy atom. The quantitative estimate of drug-likeness (QED) is 0.302. The number of rotatable bonds is 5. The molecule has 5 aromatic rings. The number of amidine groups is 1. The van der Waals surface area contributed by atoms with Crippen molar-refractivity contribution in [3.63, 3.8) is 0 Å². The van der Waals surface area contributed by atoms with Crippen molar-refractivity contribution in [3.8, 4) is 21.8 Å². The molecular weight excluding hydrogens is 504 g/mol. The number of H-pyrrole nitrogens is 1. The summed E-state index contributed by atoms with van der Waals surface area (Å²) < 4.78 is 0.740. The van der Waals surface area contributed by atoms with Gasteiger partial charge in [0, 0.05) is 41.9 Å². The van der Waals surface area contributed by atoms with E-state index in [0.29, 0.717) is 18.1 Å². The van der Waals surface area contributed by atoms with Crippen LogP contribution in [0.2, 0.25) is 4.34 Å². The maximum Gasteiger partial charge on any atom is 0.156 e. The Bertz CT molecular complexity index is 1650. The molecule has 7 rings (SSSR count). The number of anilines is 1. The molecule has 0 unspecified atom stereocenters. The molecular formula is C27H23ClN8S. The molecule has 0 amide bonds. The van der Waals surface area contributed by atoms with Crippen molar-refractivity contribution in [2.24, 2.45) is 4.99 Å². The van der Waals surface area contributed by atoms with Crippen molar-refractivity contribution >= 4 is 45.5 Å². The Morgan fingerprint density at radius 3 is 2.81 bits per heavy atom. The fraction of sp³-hybridized carbons (Fsp3) is 0.222. The minimum absolute atomic E-state index is 0.493. The number of nitrogens with zero attached hydrogens (tertiary/aromatic N) is 6. The first-order valence-electron chi connectivity index (χ1n) is 12.3. The molecule has 0 saturated carbocycles. The molecule has 1 saturated heterocycles. The lowest BCUT2D eigenvalue weighted by atomic mass is 10.1. The van der Waals surface area contributed by atoms with E-state index in [4.69, 9.17) is 21.6 Å². The number of hydrogen-bond donors (Lipinski definition) is 2. The van der Waals surface area contributed by atoms with Crippen LogP contribution < -0.4 is 5.32 Å². The largest absolute Gasteiger partial charge is 0.338 e. The average molecular weight is 527 g/mol. The Kier molecular flexibility index (Phi) is 5.68. The van der Waals surface area contributed by atoms with Crippen LogP contribution in [0.15, 0.2) is 60.0 Å². The van der Waals surface area contributed by atoms with Crippen LogP contribution in [-0.2, 0) is 13.1 Å². The van der Waals surface area contributed by atoms with Crippen LogP contribution >= 0.6 is 22.9 Å². The van der Waals surface area contributed by atoms with Gasteiger partial charge in [-0.15, -0.1) is 11.3 Å². The maximum atomic E-state index is 6.17. The molecule has 5 aromatic heterocycles. The summed E-state index contributed by atoms with van der Waals surface area (Å²) in [6.07, 6.45) is 8.18. The van der Waals surface area contributed by atoms with E-state index >= 15 is 0 Å². The first kappa shape index (κ1) is 22.5. The van der Waals surface area contributed by atoms with Crippen molar-refractivity contribution < 1.29 is 0 Å². The lowest BCUT2D eigenvalue weighted by Gasteiger charge is -2.19. The monoisotopic (exact) mass is 526 g/mol. The minimum atomic E-state index is 0.493. The average Bonchev–Trinajstić information content (AvgIpc) is 3.69. The number of aromatic nitrogens is 5. The molecule has 0 aromatic carbocycles. The molecule has 8 nitrogen and oxygen atoms in total. The third kappa shape index (κ3) is 4.29. The first-order valence-corrected chi connectivity index (χ1v) is 13.5. The highest BCUT2D eigenvalue weighted by Gasteiger charge is 2.22. The van der Waals surface area contributed by atoms with Gasteiger partial charge in [0.25, 0.3) is 0 Å². The molecule has 0 spiro atoms. The SMILES string of the molecule is Clc1ccc(-c2nccc3c2CN=C(c2n[nH]c4ccc(-c5cncc(CN6CCCC6)c5)nc24)N3)s1. The maximum absolute atomic E-state index is 6.17. The number of pyridine rings is 3. The Balaban J connectivity index is 1.20. The van der Waals surface area contributed by atoms with Crippen molar-refractivity contribution in [2.75, 3.05) is 18.4 Å². The minimum Gasteiger partial charge on any atom is -0.338 e. The van der Waals surface area contributed by atoms with E-state index in [-0.39, 0.29) is 0 Å². The predicted octanol–water partition coefficient (Wildman–Crippen LogP) is 5.76. The second-order valence-corrected chi connectivity index (χ2v) is 11.0. The number of hydrogen-bond acceptors (Lipinski definition) is 8. The first-order chi connectivity index (χ1) is 18.2. The van der Waals surface area contributed by atoms with Gasteiger partial charge in [0.15, 0.2) is 11.5 Å². The summed E-state index contributed by atoms with van der Waals surface area (Å²) in [4.78, 5) is 22.4. The summed E-state index contributed by atoms with van der Waals surface area (Å²) in [7, 11) is 0. The third-order valence-corrected chi connectivity index (χ3v) is 8.08. The Hall–Kier alpha value is -3.66. The highest BCUT2D eigenvalue weighted by atomic mass is 35.5. The number of aliphatic imine (C=N–C) groups is 1. The second kappa shape index (κ2) is 9.33. The highest BCUT2D eigenvalue weighted by Crippen LogP contribution is 2.36. The van der Waals surface area contributed by atoms with Crippen LogP contribution in [0, 0.1) is 0 Å². The van der Waals surface area contributed by atoms with Gasteiger partial charge in [-0.1, -0.05) is 11.6 Å². The molecule has 0 atom stereocenters. The van der Waals surface area contributed by atoms with Crippen molar-refractivity contribution in [2.45, 2.75) is 25.9 Å². The van der Waals surface area contributed by atoms with E-state index in [0.717, 1.165) is 68.1 Å². The van der Waals surface area contributed by atoms with Gasteiger partial charge in [-0.3, -0.25) is 25.0 Å². The fourth-order valence-electron chi connectivity index (χ4n) is 5.02. The number of aromatic amines is 1. The molecule has 0 aliphatic carbocycles. The van der Waals surface area contributed by atoms with Gasteiger partial charge in [-0.2, -0.15) is 5.10 Å². The van der Waals surface area contributed by atoms with E-state index < -0.39 is 0 Å². The number of thiophene rings is 1. The lowest BCUT2D eigenvalue weighted by Crippen LogP contribution is -2.20. The third-order valence-electron chi connectivity index (χ3n) is 6.84. The van der Waals surface area contributed by atoms with Crippen molar-refractivity contribution in [3.05, 3.63) is 76.1 Å². The topological polar surface area (TPSA) is 95.0 Å². The molecule has 2 aliphatic heterocycles. The van der Waals surface area contributed by atoms with Crippen molar-refractivity contribution in [1.82, 2.24) is 30.0 Å². The van der Waals surface area contributed by atoms with Crippen LogP contribution in [0.4, 0.5) is 5.69 Å². The van der Waals surface area contributed by atoms with Gasteiger partial charge in [0.2, 0.25) is 0 Å². The molecule has 0 radical (unpaired) electrons. The molecule has 184 valence electrons. The summed E-state index contributed by atoms with van der Waals surface area (Å²) >= 11 is 7.68. The molecule has 2 N–H and O–H groups in total. The molecule has 10 heteroatoms. The molecule has 7 heterocycles. The van der Waals surface area contributed by atoms with Gasteiger partial charge in [0.1, 0.15) is 5.52 Å². The van der Waals surface area contributed by atoms with Crippen molar-refractivity contribution in [1.29, 1.82) is 0 Å². The lowest BCUT2D eigenvalue weighted by molar-refractivity contribution is 0.331. The summed E-state index contributed by atoms with van der Waals surface area (Å²) in [5, 5.41) is 11.1. The van der Waals surface area contributed by atoms with Crippen LogP contribution in [0.25, 0.3) is 32.9 Å². The van der Waals surface area contributed by atoms with Crippen LogP contribution in [0.3, 0.4) is 0 Å². The van der Waals surface area contributed by atoms with Crippen LogP contribution in [-0.4, -0.2) is 49.0 Å². The number of halogens is 1. The highest BCUT2D eigenvalue weighted by molar-refractivity contribution is 7.19. The molecule has 2 aliphatic rings. The zero-order valence-electron chi connectivity index (χ0n) is 19.9. The second-order valence-electron chi connectivity index (χ2n) is 9.31. The van der Waals surface area contributed by atoms with E-state index in [2.05, 4.69) is 36.4 Å². The van der Waals surface area contributed by atoms with Gasteiger partial charge >= 0.3 is 0 Å². The van der Waals surface area contributed by atoms with Crippen LogP contribution in [0.5, 0.6) is 0 Å². The number of likely N-dealkylation sites (tertiary alicyclic amines) is 1. The molecule has 1 fully saturated rings. The van der Waals surface area contributed by atoms with Crippen LogP contribution in [0.1, 0.15) is 29.7 Å². The summed E-state index contributed by atoms with van der Waals surface area (Å²) in [6, 6.07) is 12.1. The standard InChI is InChI=1S/C27H23ClN8S/c28-23-6-5-22(37-23)24-18-14-31-27(33-20(18)7-8-30-24)26-25-21(34-35-26)4-3-19(32-25)17-11-16(12-29-13-17)15-36-9-1-2-10-36/h3-8,11-13H,1-2,9-10,14-15H2,(H,31,33)(H,34,35). The fourth-order valence-corrected chi connectivity index (χ4v) is 6.09. The summed E-state index contributed by atoms with van der Waals surface area (Å²) in [5.41, 5.74) is 8.31. The van der Waals surface area contributed by atoms with E-state index in [9.17, 15) is 0 Å². The normalized spacial score (nSPS) is 15.5. The Labute approximate surface area is 222 Å². The smallest absolute Gasteiger partial charge is 0.156 e. The molecule has 0 bridgehead atoms. The number of nitrogens with one attached hydrogen (secondary N) is 2. The molecule has 37 heavy (non-hydrogen) atoms. The van der Waals surface area contributed by atoms with Gasteiger partial charge in [0.05, 0.1) is 32.7 Å². The summed E-state index contributed by atoms with van der Waals surface area (Å²) in [5.74, 6) is 0.686. The van der Waals surface area contributed by atoms with E-state index in [1.165, 1.54) is 29.7 Å².